The van der Waals surface area contributed by atoms with Crippen LogP contribution < -0.4 is 5.73 Å². The Balaban J connectivity index is 3.82. The maximum Gasteiger partial charge on any atom is 0.0161 e. The highest BCUT2D eigenvalue weighted by atomic mass is 79.9. The highest BCUT2D eigenvalue weighted by molar-refractivity contribution is 9.12. The van der Waals surface area contributed by atoms with Crippen LogP contribution in [0.5, 0.6) is 0 Å². The van der Waals surface area contributed by atoms with Gasteiger partial charge in [0.2, 0.25) is 0 Å². The van der Waals surface area contributed by atoms with E-state index >= 15 is 0 Å². The average Bonchev–Trinajstić information content (AvgIpc) is 1.89. The number of rotatable bonds is 4. The third-order valence-electron chi connectivity index (χ3n) is 1.17. The van der Waals surface area contributed by atoms with E-state index in [4.69, 9.17) is 5.73 Å². The molecule has 0 atom stereocenters. The highest BCUT2D eigenvalue weighted by Gasteiger charge is 1.94. The zero-order chi connectivity index (χ0) is 7.98. The van der Waals surface area contributed by atoms with Gasteiger partial charge >= 0.3 is 0 Å². The molecule has 0 aliphatic carbocycles. The average molecular weight is 204 g/mol. The standard InChI is InChI=1S/C8H14BrN/c1-3-4-8(9)7(2)5-6-10/h4H,2-3,5-6,10H2,1H3/b8-4+. The monoisotopic (exact) mass is 203 g/mol. The molecule has 10 heavy (non-hydrogen) atoms. The van der Waals surface area contributed by atoms with Crippen molar-refractivity contribution >= 4 is 15.9 Å². The van der Waals surface area contributed by atoms with Crippen LogP contribution in [0.2, 0.25) is 0 Å². The second-order valence-corrected chi connectivity index (χ2v) is 2.96. The molecule has 1 nitrogen and oxygen atoms in total. The van der Waals surface area contributed by atoms with E-state index in [1.54, 1.807) is 0 Å². The van der Waals surface area contributed by atoms with E-state index in [1.165, 1.54) is 0 Å². The molecule has 0 aromatic heterocycles. The van der Waals surface area contributed by atoms with Gasteiger partial charge in [-0.05, 0) is 25.0 Å². The predicted octanol–water partition coefficient (Wildman–Crippen LogP) is 2.58. The summed E-state index contributed by atoms with van der Waals surface area (Å²) in [7, 11) is 0. The van der Waals surface area contributed by atoms with Crippen LogP contribution in [-0.4, -0.2) is 6.54 Å². The van der Waals surface area contributed by atoms with Gasteiger partial charge in [-0.15, -0.1) is 0 Å². The van der Waals surface area contributed by atoms with Crippen molar-refractivity contribution in [1.29, 1.82) is 0 Å². The lowest BCUT2D eigenvalue weighted by Crippen LogP contribution is -1.99. The summed E-state index contributed by atoms with van der Waals surface area (Å²) in [6, 6.07) is 0. The van der Waals surface area contributed by atoms with Crippen molar-refractivity contribution in [1.82, 2.24) is 0 Å². The van der Waals surface area contributed by atoms with Crippen molar-refractivity contribution in [2.24, 2.45) is 5.73 Å². The van der Waals surface area contributed by atoms with Gasteiger partial charge in [-0.25, -0.2) is 0 Å². The lowest BCUT2D eigenvalue weighted by Gasteiger charge is -2.00. The smallest absolute Gasteiger partial charge is 0.0161 e. The van der Waals surface area contributed by atoms with Gasteiger partial charge in [0.05, 0.1) is 0 Å². The normalized spacial score (nSPS) is 11.7. The largest absolute Gasteiger partial charge is 0.330 e. The van der Waals surface area contributed by atoms with Gasteiger partial charge in [0.25, 0.3) is 0 Å². The molecule has 0 bridgehead atoms. The van der Waals surface area contributed by atoms with Crippen LogP contribution in [0.4, 0.5) is 0 Å². The van der Waals surface area contributed by atoms with E-state index in [1.807, 2.05) is 0 Å². The van der Waals surface area contributed by atoms with Crippen molar-refractivity contribution in [2.75, 3.05) is 6.54 Å². The minimum absolute atomic E-state index is 0.672. The number of allylic oxidation sites excluding steroid dienone is 2. The third-order valence-corrected chi connectivity index (χ3v) is 2.05. The van der Waals surface area contributed by atoms with E-state index in [0.717, 1.165) is 22.9 Å². The topological polar surface area (TPSA) is 26.0 Å². The van der Waals surface area contributed by atoms with Gasteiger partial charge in [-0.2, -0.15) is 0 Å². The molecule has 0 rings (SSSR count). The minimum Gasteiger partial charge on any atom is -0.330 e. The zero-order valence-corrected chi connectivity index (χ0v) is 7.95. The Bertz CT molecular complexity index is 138. The molecular formula is C8H14BrN. The maximum atomic E-state index is 5.35. The maximum absolute atomic E-state index is 5.35. The van der Waals surface area contributed by atoms with Crippen LogP contribution in [0.15, 0.2) is 22.7 Å². The van der Waals surface area contributed by atoms with E-state index in [9.17, 15) is 0 Å². The van der Waals surface area contributed by atoms with Crippen molar-refractivity contribution in [3.8, 4) is 0 Å². The molecule has 0 aromatic carbocycles. The molecule has 2 N–H and O–H groups in total. The van der Waals surface area contributed by atoms with Gasteiger partial charge < -0.3 is 5.73 Å². The van der Waals surface area contributed by atoms with Crippen LogP contribution in [0.1, 0.15) is 19.8 Å². The second kappa shape index (κ2) is 5.69. The SMILES string of the molecule is C=C(CCN)/C(Br)=C\CC. The first kappa shape index (κ1) is 9.92. The molecule has 0 aliphatic rings. The second-order valence-electron chi connectivity index (χ2n) is 2.10. The Morgan fingerprint density at radius 3 is 2.70 bits per heavy atom. The molecule has 0 aromatic rings. The molecule has 0 fully saturated rings. The van der Waals surface area contributed by atoms with E-state index in [-0.39, 0.29) is 0 Å². The molecular weight excluding hydrogens is 190 g/mol. The van der Waals surface area contributed by atoms with Crippen LogP contribution in [0, 0.1) is 0 Å². The molecule has 0 heterocycles. The molecule has 0 saturated carbocycles. The molecule has 0 aliphatic heterocycles. The van der Waals surface area contributed by atoms with Crippen LogP contribution in [-0.2, 0) is 0 Å². The summed E-state index contributed by atoms with van der Waals surface area (Å²) in [6.45, 7) is 6.63. The molecule has 0 radical (unpaired) electrons. The van der Waals surface area contributed by atoms with Gasteiger partial charge in [-0.3, -0.25) is 0 Å². The minimum atomic E-state index is 0.672. The summed E-state index contributed by atoms with van der Waals surface area (Å²) in [4.78, 5) is 0. The van der Waals surface area contributed by atoms with Crippen LogP contribution in [0.3, 0.4) is 0 Å². The fourth-order valence-electron chi connectivity index (χ4n) is 0.617. The summed E-state index contributed by atoms with van der Waals surface area (Å²) in [5, 5.41) is 0. The quantitative estimate of drug-likeness (QED) is 0.699. The summed E-state index contributed by atoms with van der Waals surface area (Å²) >= 11 is 3.41. The Kier molecular flexibility index (Phi) is 5.64. The fraction of sp³-hybridized carbons (Fsp3) is 0.500. The lowest BCUT2D eigenvalue weighted by atomic mass is 10.2. The molecule has 0 spiro atoms. The molecule has 0 amide bonds. The fourth-order valence-corrected chi connectivity index (χ4v) is 1.14. The van der Waals surface area contributed by atoms with E-state index < -0.39 is 0 Å². The van der Waals surface area contributed by atoms with Gasteiger partial charge in [0.15, 0.2) is 0 Å². The number of halogens is 1. The van der Waals surface area contributed by atoms with Gasteiger partial charge in [-0.1, -0.05) is 35.5 Å². The summed E-state index contributed by atoms with van der Waals surface area (Å²) < 4.78 is 1.10. The van der Waals surface area contributed by atoms with Crippen molar-refractivity contribution in [2.45, 2.75) is 19.8 Å². The van der Waals surface area contributed by atoms with Crippen molar-refractivity contribution < 1.29 is 0 Å². The molecule has 0 unspecified atom stereocenters. The van der Waals surface area contributed by atoms with Gasteiger partial charge in [0.1, 0.15) is 0 Å². The lowest BCUT2D eigenvalue weighted by molar-refractivity contribution is 0.972. The van der Waals surface area contributed by atoms with Gasteiger partial charge in [0, 0.05) is 4.48 Å². The molecule has 0 saturated heterocycles. The van der Waals surface area contributed by atoms with Crippen molar-refractivity contribution in [3.05, 3.63) is 22.7 Å². The first-order valence-corrected chi connectivity index (χ1v) is 4.25. The first-order valence-electron chi connectivity index (χ1n) is 3.46. The number of hydrogen-bond donors (Lipinski definition) is 1. The zero-order valence-electron chi connectivity index (χ0n) is 6.36. The Morgan fingerprint density at radius 1 is 1.70 bits per heavy atom. The summed E-state index contributed by atoms with van der Waals surface area (Å²) in [5.41, 5.74) is 6.44. The Hall–Kier alpha value is -0.0800. The van der Waals surface area contributed by atoms with E-state index in [2.05, 4.69) is 35.5 Å². The molecule has 58 valence electrons. The van der Waals surface area contributed by atoms with Crippen LogP contribution in [0.25, 0.3) is 0 Å². The van der Waals surface area contributed by atoms with Crippen LogP contribution >= 0.6 is 15.9 Å². The molecule has 2 heteroatoms. The number of nitrogens with two attached hydrogens (primary N) is 1. The summed E-state index contributed by atoms with van der Waals surface area (Å²) in [5.74, 6) is 0. The van der Waals surface area contributed by atoms with E-state index in [0.29, 0.717) is 6.54 Å². The predicted molar refractivity (Wildman–Crippen MR) is 50.1 cm³/mol. The highest BCUT2D eigenvalue weighted by Crippen LogP contribution is 2.17. The summed E-state index contributed by atoms with van der Waals surface area (Å²) in [6.07, 6.45) is 4.00. The third kappa shape index (κ3) is 3.85. The van der Waals surface area contributed by atoms with Crippen molar-refractivity contribution in [3.63, 3.8) is 0 Å². The first-order chi connectivity index (χ1) is 4.72. The number of hydrogen-bond acceptors (Lipinski definition) is 1. The Labute approximate surface area is 71.1 Å². The Morgan fingerprint density at radius 2 is 2.30 bits per heavy atom.